The van der Waals surface area contributed by atoms with Crippen LogP contribution in [0.3, 0.4) is 0 Å². The fraction of sp³-hybridized carbons (Fsp3) is 0.333. The summed E-state index contributed by atoms with van der Waals surface area (Å²) in [6, 6.07) is 17.6. The third-order valence-corrected chi connectivity index (χ3v) is 5.80. The van der Waals surface area contributed by atoms with E-state index in [1.807, 2.05) is 6.07 Å². The third-order valence-electron chi connectivity index (χ3n) is 5.80. The highest BCUT2D eigenvalue weighted by molar-refractivity contribution is 5.66. The molecule has 0 spiro atoms. The lowest BCUT2D eigenvalue weighted by atomic mass is 10.0. The molecule has 3 aromatic carbocycles. The number of carbonyl (C=O) groups is 2. The summed E-state index contributed by atoms with van der Waals surface area (Å²) >= 11 is 0. The quantitative estimate of drug-likeness (QED) is 0.255. The van der Waals surface area contributed by atoms with Crippen LogP contribution in [0, 0.1) is 0 Å². The molecule has 0 amide bonds. The Morgan fingerprint density at radius 1 is 0.625 bits per heavy atom. The molecule has 0 radical (unpaired) electrons. The van der Waals surface area contributed by atoms with Gasteiger partial charge in [-0.3, -0.25) is 9.59 Å². The molecular weight excluding hydrogens is 520 g/mol. The van der Waals surface area contributed by atoms with E-state index in [4.69, 9.17) is 37.9 Å². The summed E-state index contributed by atoms with van der Waals surface area (Å²) < 4.78 is 45.4. The molecule has 40 heavy (non-hydrogen) atoms. The minimum absolute atomic E-state index is 0.0804. The van der Waals surface area contributed by atoms with Crippen LogP contribution in [0.5, 0.6) is 34.5 Å². The number of rotatable bonds is 14. The van der Waals surface area contributed by atoms with Gasteiger partial charge in [0.1, 0.15) is 13.2 Å². The Bertz CT molecular complexity index is 1290. The highest BCUT2D eigenvalue weighted by atomic mass is 16.6. The molecule has 10 heteroatoms. The minimum atomic E-state index is -0.844. The maximum atomic E-state index is 11.8. The molecule has 0 heterocycles. The summed E-state index contributed by atoms with van der Waals surface area (Å²) in [5.74, 6) is 1.83. The summed E-state index contributed by atoms with van der Waals surface area (Å²) in [7, 11) is 6.12. The molecule has 3 rings (SSSR count). The first-order chi connectivity index (χ1) is 19.3. The average molecular weight is 555 g/mol. The number of benzene rings is 3. The molecule has 3 aromatic rings. The Balaban J connectivity index is 2.09. The van der Waals surface area contributed by atoms with Gasteiger partial charge in [-0.2, -0.15) is 0 Å². The monoisotopic (exact) mass is 554 g/mol. The number of hydrogen-bond donors (Lipinski definition) is 0. The van der Waals surface area contributed by atoms with Crippen LogP contribution in [0.25, 0.3) is 0 Å². The molecule has 10 nitrogen and oxygen atoms in total. The normalized spacial score (nSPS) is 11.9. The summed E-state index contributed by atoms with van der Waals surface area (Å²) in [5, 5.41) is 0. The first-order valence-electron chi connectivity index (χ1n) is 12.4. The van der Waals surface area contributed by atoms with Gasteiger partial charge >= 0.3 is 11.9 Å². The lowest BCUT2D eigenvalue weighted by Gasteiger charge is -2.30. The van der Waals surface area contributed by atoms with Crippen molar-refractivity contribution in [2.24, 2.45) is 0 Å². The van der Waals surface area contributed by atoms with E-state index in [0.717, 1.165) is 0 Å². The first kappa shape index (κ1) is 29.9. The van der Waals surface area contributed by atoms with Crippen molar-refractivity contribution < 1.29 is 47.5 Å². The van der Waals surface area contributed by atoms with Crippen LogP contribution in [-0.4, -0.2) is 53.1 Å². The zero-order chi connectivity index (χ0) is 29.1. The SMILES string of the molecule is COc1ccc([C@@H](Oc2ccc(COC(C)=O)cc2OC)[C@H](COC(C)=O)Oc2ccccc2OC)cc1OC. The van der Waals surface area contributed by atoms with Crippen LogP contribution in [-0.2, 0) is 25.7 Å². The second kappa shape index (κ2) is 14.5. The Labute approximate surface area is 233 Å². The molecule has 0 aromatic heterocycles. The van der Waals surface area contributed by atoms with Gasteiger partial charge in [-0.1, -0.05) is 24.3 Å². The van der Waals surface area contributed by atoms with Crippen molar-refractivity contribution in [2.45, 2.75) is 32.7 Å². The predicted octanol–water partition coefficient (Wildman–Crippen LogP) is 4.91. The van der Waals surface area contributed by atoms with E-state index >= 15 is 0 Å². The van der Waals surface area contributed by atoms with Crippen LogP contribution in [0.2, 0.25) is 0 Å². The van der Waals surface area contributed by atoms with Gasteiger partial charge in [0.05, 0.1) is 28.4 Å². The van der Waals surface area contributed by atoms with Crippen LogP contribution in [0.4, 0.5) is 0 Å². The average Bonchev–Trinajstić information content (AvgIpc) is 2.97. The van der Waals surface area contributed by atoms with E-state index in [0.29, 0.717) is 45.6 Å². The lowest BCUT2D eigenvalue weighted by molar-refractivity contribution is -0.145. The Morgan fingerprint density at radius 3 is 1.80 bits per heavy atom. The highest BCUT2D eigenvalue weighted by Crippen LogP contribution is 2.39. The van der Waals surface area contributed by atoms with Crippen molar-refractivity contribution in [2.75, 3.05) is 35.0 Å². The molecule has 214 valence electrons. The van der Waals surface area contributed by atoms with Crippen LogP contribution in [0.1, 0.15) is 31.1 Å². The molecule has 0 N–H and O–H groups in total. The van der Waals surface area contributed by atoms with Gasteiger partial charge in [0.15, 0.2) is 46.7 Å². The molecule has 2 atom stereocenters. The van der Waals surface area contributed by atoms with Crippen molar-refractivity contribution in [3.8, 4) is 34.5 Å². The van der Waals surface area contributed by atoms with Crippen molar-refractivity contribution >= 4 is 11.9 Å². The van der Waals surface area contributed by atoms with E-state index in [1.165, 1.54) is 35.2 Å². The smallest absolute Gasteiger partial charge is 0.302 e. The Hall–Kier alpha value is -4.60. The molecular formula is C30H34O10. The molecule has 0 fully saturated rings. The molecule has 0 bridgehead atoms. The van der Waals surface area contributed by atoms with E-state index in [9.17, 15) is 9.59 Å². The van der Waals surface area contributed by atoms with E-state index in [1.54, 1.807) is 61.7 Å². The number of methoxy groups -OCH3 is 4. The fourth-order valence-electron chi connectivity index (χ4n) is 3.87. The topological polar surface area (TPSA) is 108 Å². The zero-order valence-electron chi connectivity index (χ0n) is 23.4. The number of hydrogen-bond acceptors (Lipinski definition) is 10. The lowest BCUT2D eigenvalue weighted by Crippen LogP contribution is -2.34. The van der Waals surface area contributed by atoms with Crippen molar-refractivity contribution in [3.05, 3.63) is 71.8 Å². The standard InChI is InChI=1S/C30H34O10/c1-19(31)37-17-21-11-13-26(27(15-21)35-5)40-30(22-12-14-24(34-4)28(16-22)36-6)29(18-38-20(2)32)39-25-10-8-7-9-23(25)33-3/h7-16,29-30H,17-18H2,1-6H3/t29-,30+/m0/s1. The van der Waals surface area contributed by atoms with Gasteiger partial charge in [0.25, 0.3) is 0 Å². The Kier molecular flexibility index (Phi) is 10.9. The number of para-hydroxylation sites is 2. The number of carbonyl (C=O) groups excluding carboxylic acids is 2. The van der Waals surface area contributed by atoms with Crippen molar-refractivity contribution in [3.63, 3.8) is 0 Å². The second-order valence-electron chi connectivity index (χ2n) is 8.53. The first-order valence-corrected chi connectivity index (χ1v) is 12.4. The van der Waals surface area contributed by atoms with Gasteiger partial charge in [-0.25, -0.2) is 0 Å². The van der Waals surface area contributed by atoms with Crippen molar-refractivity contribution in [1.82, 2.24) is 0 Å². The van der Waals surface area contributed by atoms with Crippen molar-refractivity contribution in [1.29, 1.82) is 0 Å². The van der Waals surface area contributed by atoms with E-state index < -0.39 is 24.1 Å². The van der Waals surface area contributed by atoms with Crippen LogP contribution >= 0.6 is 0 Å². The predicted molar refractivity (Wildman–Crippen MR) is 145 cm³/mol. The van der Waals surface area contributed by atoms with Gasteiger partial charge in [0, 0.05) is 19.4 Å². The molecule has 0 saturated heterocycles. The number of ether oxygens (including phenoxy) is 8. The zero-order valence-corrected chi connectivity index (χ0v) is 23.4. The highest BCUT2D eigenvalue weighted by Gasteiger charge is 2.31. The van der Waals surface area contributed by atoms with Crippen LogP contribution in [0.15, 0.2) is 60.7 Å². The summed E-state index contributed by atoms with van der Waals surface area (Å²) in [4.78, 5) is 23.1. The Morgan fingerprint density at radius 2 is 1.18 bits per heavy atom. The maximum absolute atomic E-state index is 11.8. The van der Waals surface area contributed by atoms with Crippen LogP contribution < -0.4 is 28.4 Å². The molecule has 0 aliphatic carbocycles. The molecule has 0 saturated carbocycles. The fourth-order valence-corrected chi connectivity index (χ4v) is 3.87. The number of esters is 2. The van der Waals surface area contributed by atoms with Gasteiger partial charge < -0.3 is 37.9 Å². The van der Waals surface area contributed by atoms with Gasteiger partial charge in [0.2, 0.25) is 0 Å². The van der Waals surface area contributed by atoms with Gasteiger partial charge in [-0.15, -0.1) is 0 Å². The van der Waals surface area contributed by atoms with E-state index in [2.05, 4.69) is 0 Å². The summed E-state index contributed by atoms with van der Waals surface area (Å²) in [6.45, 7) is 2.60. The minimum Gasteiger partial charge on any atom is -0.493 e. The molecule has 0 aliphatic heterocycles. The summed E-state index contributed by atoms with van der Waals surface area (Å²) in [6.07, 6.45) is -1.68. The summed E-state index contributed by atoms with van der Waals surface area (Å²) in [5.41, 5.74) is 1.36. The second-order valence-corrected chi connectivity index (χ2v) is 8.53. The molecule has 0 unspecified atom stereocenters. The van der Waals surface area contributed by atoms with E-state index in [-0.39, 0.29) is 13.2 Å². The van der Waals surface area contributed by atoms with Gasteiger partial charge in [-0.05, 0) is 42.0 Å². The third kappa shape index (κ3) is 7.95. The largest absolute Gasteiger partial charge is 0.493 e. The maximum Gasteiger partial charge on any atom is 0.302 e. The molecule has 0 aliphatic rings.